The van der Waals surface area contributed by atoms with Crippen molar-refractivity contribution in [1.82, 2.24) is 14.5 Å². The molecular weight excluding hydrogens is 468 g/mol. The summed E-state index contributed by atoms with van der Waals surface area (Å²) in [6, 6.07) is 14.9. The van der Waals surface area contributed by atoms with E-state index in [-0.39, 0.29) is 12.5 Å². The third-order valence-corrected chi connectivity index (χ3v) is 7.33. The maximum absolute atomic E-state index is 13.7. The van der Waals surface area contributed by atoms with Crippen molar-refractivity contribution in [2.24, 2.45) is 0 Å². The number of amides is 2. The van der Waals surface area contributed by atoms with Crippen LogP contribution in [0.25, 0.3) is 0 Å². The minimum Gasteiger partial charge on any atom is -0.497 e. The minimum absolute atomic E-state index is 0.144. The summed E-state index contributed by atoms with van der Waals surface area (Å²) >= 11 is 0. The Kier molecular flexibility index (Phi) is 10.5. The van der Waals surface area contributed by atoms with Crippen molar-refractivity contribution in [3.63, 3.8) is 0 Å². The predicted molar refractivity (Wildman–Crippen MR) is 137 cm³/mol. The number of methoxy groups -OCH3 is 1. The number of carbonyl (C=O) groups is 2. The number of hydrogen-bond donors (Lipinski definition) is 1. The number of benzene rings is 2. The Balaban J connectivity index is 2.45. The van der Waals surface area contributed by atoms with Gasteiger partial charge in [-0.2, -0.15) is 12.7 Å². The first-order valence-corrected chi connectivity index (χ1v) is 13.0. The first kappa shape index (κ1) is 28.1. The van der Waals surface area contributed by atoms with E-state index >= 15 is 0 Å². The second-order valence-electron chi connectivity index (χ2n) is 8.22. The number of nitrogens with one attached hydrogen (secondary N) is 1. The quantitative estimate of drug-likeness (QED) is 0.452. The summed E-state index contributed by atoms with van der Waals surface area (Å²) in [5.41, 5.74) is 1.16. The summed E-state index contributed by atoms with van der Waals surface area (Å²) in [7, 11) is 0.431. The fourth-order valence-electron chi connectivity index (χ4n) is 3.52. The van der Waals surface area contributed by atoms with E-state index in [2.05, 4.69) is 5.32 Å². The summed E-state index contributed by atoms with van der Waals surface area (Å²) in [6.07, 6.45) is 1.14. The number of carbonyl (C=O) groups excluding carboxylic acids is 2. The molecule has 2 rings (SSSR count). The number of anilines is 1. The fourth-order valence-corrected chi connectivity index (χ4v) is 4.58. The molecule has 0 aliphatic carbocycles. The number of hydrogen-bond acceptors (Lipinski definition) is 5. The number of ether oxygens (including phenoxy) is 1. The lowest BCUT2D eigenvalue weighted by Crippen LogP contribution is -2.53. The van der Waals surface area contributed by atoms with Crippen LogP contribution in [0, 0.1) is 0 Å². The summed E-state index contributed by atoms with van der Waals surface area (Å²) in [5.74, 6) is -0.0711. The van der Waals surface area contributed by atoms with Gasteiger partial charge in [0.2, 0.25) is 11.8 Å². The third-order valence-electron chi connectivity index (χ3n) is 5.51. The van der Waals surface area contributed by atoms with E-state index in [9.17, 15) is 18.0 Å². The molecule has 2 aromatic rings. The molecule has 1 N–H and O–H groups in total. The van der Waals surface area contributed by atoms with Crippen LogP contribution in [0.1, 0.15) is 32.3 Å². The Morgan fingerprint density at radius 1 is 1.00 bits per heavy atom. The molecule has 0 bridgehead atoms. The molecule has 0 aliphatic heterocycles. The van der Waals surface area contributed by atoms with E-state index in [4.69, 9.17) is 4.74 Å². The Hall–Kier alpha value is -3.11. The van der Waals surface area contributed by atoms with Crippen LogP contribution >= 0.6 is 0 Å². The predicted octanol–water partition coefficient (Wildman–Crippen LogP) is 2.64. The molecule has 35 heavy (non-hydrogen) atoms. The highest BCUT2D eigenvalue weighted by Crippen LogP contribution is 2.21. The zero-order valence-corrected chi connectivity index (χ0v) is 21.9. The van der Waals surface area contributed by atoms with Gasteiger partial charge < -0.3 is 15.0 Å². The lowest BCUT2D eigenvalue weighted by Gasteiger charge is -2.34. The number of rotatable bonds is 13. The maximum Gasteiger partial charge on any atom is 0.304 e. The van der Waals surface area contributed by atoms with Crippen LogP contribution in [0.15, 0.2) is 54.6 Å². The van der Waals surface area contributed by atoms with E-state index < -0.39 is 28.7 Å². The first-order valence-electron chi connectivity index (χ1n) is 11.6. The second kappa shape index (κ2) is 13.1. The Morgan fingerprint density at radius 3 is 2.14 bits per heavy atom. The molecule has 0 heterocycles. The molecule has 0 saturated heterocycles. The molecule has 2 aromatic carbocycles. The van der Waals surface area contributed by atoms with Crippen LogP contribution in [0.2, 0.25) is 0 Å². The van der Waals surface area contributed by atoms with E-state index in [1.54, 1.807) is 49.6 Å². The highest BCUT2D eigenvalue weighted by atomic mass is 32.2. The zero-order valence-electron chi connectivity index (χ0n) is 21.1. The van der Waals surface area contributed by atoms with Crippen molar-refractivity contribution < 1.29 is 22.7 Å². The highest BCUT2D eigenvalue weighted by molar-refractivity contribution is 7.90. The van der Waals surface area contributed by atoms with Crippen LogP contribution in [0.4, 0.5) is 5.69 Å². The summed E-state index contributed by atoms with van der Waals surface area (Å²) < 4.78 is 33.6. The van der Waals surface area contributed by atoms with Crippen LogP contribution in [0.3, 0.4) is 0 Å². The van der Waals surface area contributed by atoms with Gasteiger partial charge in [0.1, 0.15) is 18.3 Å². The molecule has 0 radical (unpaired) electrons. The molecule has 1 atom stereocenters. The Bertz CT molecular complexity index is 1060. The average Bonchev–Trinajstić information content (AvgIpc) is 2.86. The normalized spacial score (nSPS) is 12.2. The summed E-state index contributed by atoms with van der Waals surface area (Å²) in [6.45, 7) is 3.97. The van der Waals surface area contributed by atoms with Gasteiger partial charge in [0.05, 0.1) is 12.8 Å². The Labute approximate surface area is 208 Å². The van der Waals surface area contributed by atoms with Gasteiger partial charge >= 0.3 is 10.2 Å². The summed E-state index contributed by atoms with van der Waals surface area (Å²) in [4.78, 5) is 28.1. The highest BCUT2D eigenvalue weighted by Gasteiger charge is 2.33. The molecule has 0 aliphatic rings. The lowest BCUT2D eigenvalue weighted by atomic mass is 10.1. The SMILES string of the molecule is CCCNC(=O)[C@@H](CC)N(Cc1ccc(OC)cc1)C(=O)CN(c1ccccc1)S(=O)(=O)N(C)C. The van der Waals surface area contributed by atoms with Gasteiger partial charge in [0.25, 0.3) is 0 Å². The van der Waals surface area contributed by atoms with Gasteiger partial charge in [-0.25, -0.2) is 4.31 Å². The Morgan fingerprint density at radius 2 is 1.63 bits per heavy atom. The van der Waals surface area contributed by atoms with Crippen LogP contribution in [0.5, 0.6) is 5.75 Å². The molecule has 0 aromatic heterocycles. The molecule has 0 saturated carbocycles. The molecule has 0 fully saturated rings. The zero-order chi connectivity index (χ0) is 26.0. The van der Waals surface area contributed by atoms with E-state index in [1.165, 1.54) is 19.0 Å². The minimum atomic E-state index is -3.97. The van der Waals surface area contributed by atoms with Crippen molar-refractivity contribution in [1.29, 1.82) is 0 Å². The topological polar surface area (TPSA) is 99.3 Å². The number of para-hydroxylation sites is 1. The van der Waals surface area contributed by atoms with E-state index in [0.717, 1.165) is 20.6 Å². The first-order chi connectivity index (χ1) is 16.6. The molecule has 2 amide bonds. The monoisotopic (exact) mass is 504 g/mol. The largest absolute Gasteiger partial charge is 0.497 e. The van der Waals surface area contributed by atoms with E-state index in [1.807, 2.05) is 26.0 Å². The van der Waals surface area contributed by atoms with Crippen molar-refractivity contribution in [2.45, 2.75) is 39.3 Å². The molecule has 9 nitrogen and oxygen atoms in total. The smallest absolute Gasteiger partial charge is 0.304 e. The number of nitrogens with zero attached hydrogens (tertiary/aromatic N) is 3. The summed E-state index contributed by atoms with van der Waals surface area (Å²) in [5, 5.41) is 2.86. The van der Waals surface area contributed by atoms with Crippen LogP contribution < -0.4 is 14.4 Å². The maximum atomic E-state index is 13.7. The molecule has 192 valence electrons. The molecule has 0 unspecified atom stereocenters. The van der Waals surface area contributed by atoms with Gasteiger partial charge in [-0.1, -0.05) is 44.2 Å². The van der Waals surface area contributed by atoms with Crippen molar-refractivity contribution >= 4 is 27.7 Å². The lowest BCUT2D eigenvalue weighted by molar-refractivity contribution is -0.140. The molecule has 10 heteroatoms. The fraction of sp³-hybridized carbons (Fsp3) is 0.440. The standard InChI is InChI=1S/C25H36N4O5S/c1-6-17-26-25(31)23(7-2)28(18-20-13-15-22(34-5)16-14-20)24(30)19-29(35(32,33)27(3)4)21-11-9-8-10-12-21/h8-16,23H,6-7,17-19H2,1-5H3,(H,26,31)/t23-/m1/s1. The van der Waals surface area contributed by atoms with Crippen molar-refractivity contribution in [3.8, 4) is 5.75 Å². The molecule has 0 spiro atoms. The molecular formula is C25H36N4O5S. The van der Waals surface area contributed by atoms with Crippen molar-refractivity contribution in [3.05, 3.63) is 60.2 Å². The van der Waals surface area contributed by atoms with Gasteiger partial charge in [-0.05, 0) is 42.7 Å². The van der Waals surface area contributed by atoms with Gasteiger partial charge in [0.15, 0.2) is 0 Å². The third kappa shape index (κ3) is 7.43. The van der Waals surface area contributed by atoms with E-state index in [0.29, 0.717) is 24.4 Å². The van der Waals surface area contributed by atoms with Gasteiger partial charge in [0, 0.05) is 27.2 Å². The van der Waals surface area contributed by atoms with Crippen LogP contribution in [-0.4, -0.2) is 69.8 Å². The van der Waals surface area contributed by atoms with Crippen LogP contribution in [-0.2, 0) is 26.3 Å². The second-order valence-corrected chi connectivity index (χ2v) is 10.3. The van der Waals surface area contributed by atoms with Gasteiger partial charge in [-0.3, -0.25) is 9.59 Å². The van der Waals surface area contributed by atoms with Gasteiger partial charge in [-0.15, -0.1) is 0 Å². The van der Waals surface area contributed by atoms with Crippen molar-refractivity contribution in [2.75, 3.05) is 38.6 Å². The average molecular weight is 505 g/mol.